The molecule has 112 valence electrons. The number of hydrogen-bond acceptors (Lipinski definition) is 4. The van der Waals surface area contributed by atoms with Crippen molar-refractivity contribution in [3.8, 4) is 0 Å². The van der Waals surface area contributed by atoms with Crippen molar-refractivity contribution in [1.29, 1.82) is 0 Å². The van der Waals surface area contributed by atoms with E-state index in [1.165, 1.54) is 12.8 Å². The Morgan fingerprint density at radius 1 is 1.50 bits per heavy atom. The molecular weight excluding hydrogens is 272 g/mol. The van der Waals surface area contributed by atoms with Gasteiger partial charge in [-0.2, -0.15) is 0 Å². The number of rotatable bonds is 5. The molecule has 1 fully saturated rings. The molecule has 1 heterocycles. The second kappa shape index (κ2) is 7.16. The molecule has 0 radical (unpaired) electrons. The van der Waals surface area contributed by atoms with Crippen molar-refractivity contribution in [2.24, 2.45) is 11.8 Å². The summed E-state index contributed by atoms with van der Waals surface area (Å²) in [5.41, 5.74) is 0.884. The van der Waals surface area contributed by atoms with Crippen LogP contribution in [-0.2, 0) is 10.5 Å². The highest BCUT2D eigenvalue weighted by Crippen LogP contribution is 2.29. The van der Waals surface area contributed by atoms with Gasteiger partial charge in [-0.1, -0.05) is 31.8 Å². The molecule has 4 nitrogen and oxygen atoms in total. The summed E-state index contributed by atoms with van der Waals surface area (Å²) in [7, 11) is 0. The van der Waals surface area contributed by atoms with Crippen molar-refractivity contribution >= 4 is 17.7 Å². The van der Waals surface area contributed by atoms with E-state index >= 15 is 0 Å². The summed E-state index contributed by atoms with van der Waals surface area (Å²) in [6, 6.07) is 2.26. The maximum absolute atomic E-state index is 12.0. The normalized spacial score (nSPS) is 26.4. The number of amides is 1. The Labute approximate surface area is 125 Å². The predicted octanol–water partition coefficient (Wildman–Crippen LogP) is 3.16. The lowest BCUT2D eigenvalue weighted by atomic mass is 9.78. The van der Waals surface area contributed by atoms with E-state index in [0.717, 1.165) is 17.9 Å². The van der Waals surface area contributed by atoms with E-state index in [4.69, 9.17) is 4.52 Å². The standard InChI is InChI=1S/C15H24N2O2S/c1-10-5-4-6-14(12(10)3)16-15(18)9-20-8-13-7-11(2)17-19-13/h7,10,12,14H,4-6,8-9H2,1-3H3,(H,16,18)/t10-,12-,14-/m1/s1. The van der Waals surface area contributed by atoms with Crippen molar-refractivity contribution < 1.29 is 9.32 Å². The summed E-state index contributed by atoms with van der Waals surface area (Å²) in [5.74, 6) is 3.44. The van der Waals surface area contributed by atoms with Crippen LogP contribution in [0.15, 0.2) is 10.6 Å². The van der Waals surface area contributed by atoms with Crippen molar-refractivity contribution in [3.63, 3.8) is 0 Å². The van der Waals surface area contributed by atoms with Crippen LogP contribution in [0.2, 0.25) is 0 Å². The monoisotopic (exact) mass is 296 g/mol. The smallest absolute Gasteiger partial charge is 0.230 e. The molecule has 0 aromatic carbocycles. The highest BCUT2D eigenvalue weighted by Gasteiger charge is 2.27. The fraction of sp³-hybridized carbons (Fsp3) is 0.733. The molecule has 1 aromatic heterocycles. The highest BCUT2D eigenvalue weighted by molar-refractivity contribution is 7.99. The number of carbonyl (C=O) groups is 1. The molecular formula is C15H24N2O2S. The second-order valence-electron chi connectivity index (χ2n) is 5.87. The van der Waals surface area contributed by atoms with E-state index in [2.05, 4.69) is 24.3 Å². The van der Waals surface area contributed by atoms with Gasteiger partial charge in [0.15, 0.2) is 0 Å². The minimum atomic E-state index is 0.136. The highest BCUT2D eigenvalue weighted by atomic mass is 32.2. The van der Waals surface area contributed by atoms with E-state index in [1.807, 2.05) is 13.0 Å². The summed E-state index contributed by atoms with van der Waals surface area (Å²) >= 11 is 1.57. The van der Waals surface area contributed by atoms with Gasteiger partial charge in [0.05, 0.1) is 17.2 Å². The summed E-state index contributed by atoms with van der Waals surface area (Å²) in [6.45, 7) is 6.43. The summed E-state index contributed by atoms with van der Waals surface area (Å²) < 4.78 is 5.12. The van der Waals surface area contributed by atoms with Crippen molar-refractivity contribution in [2.45, 2.75) is 51.8 Å². The Balaban J connectivity index is 1.69. The van der Waals surface area contributed by atoms with Crippen LogP contribution in [0.4, 0.5) is 0 Å². The molecule has 1 aliphatic rings. The first kappa shape index (κ1) is 15.4. The second-order valence-corrected chi connectivity index (χ2v) is 6.85. The van der Waals surface area contributed by atoms with E-state index in [0.29, 0.717) is 29.4 Å². The molecule has 1 aromatic rings. The molecule has 1 saturated carbocycles. The molecule has 0 bridgehead atoms. The Morgan fingerprint density at radius 2 is 2.30 bits per heavy atom. The van der Waals surface area contributed by atoms with Gasteiger partial charge < -0.3 is 9.84 Å². The molecule has 1 aliphatic carbocycles. The average molecular weight is 296 g/mol. The third-order valence-corrected chi connectivity index (χ3v) is 5.16. The zero-order valence-electron chi connectivity index (χ0n) is 12.5. The van der Waals surface area contributed by atoms with Crippen LogP contribution in [-0.4, -0.2) is 22.9 Å². The largest absolute Gasteiger partial charge is 0.360 e. The van der Waals surface area contributed by atoms with E-state index < -0.39 is 0 Å². The van der Waals surface area contributed by atoms with E-state index in [-0.39, 0.29) is 5.91 Å². The van der Waals surface area contributed by atoms with Gasteiger partial charge in [-0.25, -0.2) is 0 Å². The van der Waals surface area contributed by atoms with Crippen LogP contribution in [0.1, 0.15) is 44.6 Å². The summed E-state index contributed by atoms with van der Waals surface area (Å²) in [4.78, 5) is 12.0. The zero-order valence-corrected chi connectivity index (χ0v) is 13.3. The minimum absolute atomic E-state index is 0.136. The fourth-order valence-electron chi connectivity index (χ4n) is 2.76. The first-order valence-corrected chi connectivity index (χ1v) is 8.51. The maximum atomic E-state index is 12.0. The summed E-state index contributed by atoms with van der Waals surface area (Å²) in [6.07, 6.45) is 3.62. The molecule has 1 amide bonds. The molecule has 0 unspecified atom stereocenters. The third kappa shape index (κ3) is 4.27. The number of carbonyl (C=O) groups excluding carboxylic acids is 1. The Bertz CT molecular complexity index is 447. The van der Waals surface area contributed by atoms with Crippen molar-refractivity contribution in [1.82, 2.24) is 10.5 Å². The van der Waals surface area contributed by atoms with Crippen LogP contribution >= 0.6 is 11.8 Å². The Hall–Kier alpha value is -0.970. The first-order chi connectivity index (χ1) is 9.56. The molecule has 3 atom stereocenters. The zero-order chi connectivity index (χ0) is 14.5. The van der Waals surface area contributed by atoms with Crippen LogP contribution < -0.4 is 5.32 Å². The van der Waals surface area contributed by atoms with Gasteiger partial charge in [-0.05, 0) is 25.2 Å². The van der Waals surface area contributed by atoms with Gasteiger partial charge in [0.1, 0.15) is 5.76 Å². The lowest BCUT2D eigenvalue weighted by Gasteiger charge is -2.34. The third-order valence-electron chi connectivity index (χ3n) is 4.21. The van der Waals surface area contributed by atoms with Gasteiger partial charge in [0.25, 0.3) is 0 Å². The van der Waals surface area contributed by atoms with Crippen LogP contribution in [0, 0.1) is 18.8 Å². The lowest BCUT2D eigenvalue weighted by Crippen LogP contribution is -2.44. The molecule has 1 N–H and O–H groups in total. The van der Waals surface area contributed by atoms with Crippen LogP contribution in [0.5, 0.6) is 0 Å². The number of thioether (sulfide) groups is 1. The molecule has 5 heteroatoms. The Kier molecular flexibility index (Phi) is 5.52. The quantitative estimate of drug-likeness (QED) is 0.907. The van der Waals surface area contributed by atoms with Gasteiger partial charge in [-0.15, -0.1) is 11.8 Å². The molecule has 20 heavy (non-hydrogen) atoms. The van der Waals surface area contributed by atoms with Crippen LogP contribution in [0.3, 0.4) is 0 Å². The van der Waals surface area contributed by atoms with Gasteiger partial charge in [0, 0.05) is 12.1 Å². The predicted molar refractivity (Wildman–Crippen MR) is 81.5 cm³/mol. The molecule has 2 rings (SSSR count). The molecule has 0 spiro atoms. The number of nitrogens with zero attached hydrogens (tertiary/aromatic N) is 1. The van der Waals surface area contributed by atoms with Crippen molar-refractivity contribution in [2.75, 3.05) is 5.75 Å². The lowest BCUT2D eigenvalue weighted by molar-refractivity contribution is -0.119. The average Bonchev–Trinajstić information content (AvgIpc) is 2.81. The molecule has 0 saturated heterocycles. The molecule has 0 aliphatic heterocycles. The number of aryl methyl sites for hydroxylation is 1. The van der Waals surface area contributed by atoms with E-state index in [9.17, 15) is 4.79 Å². The maximum Gasteiger partial charge on any atom is 0.230 e. The number of nitrogens with one attached hydrogen (secondary N) is 1. The van der Waals surface area contributed by atoms with E-state index in [1.54, 1.807) is 11.8 Å². The van der Waals surface area contributed by atoms with Gasteiger partial charge in [-0.3, -0.25) is 4.79 Å². The first-order valence-electron chi connectivity index (χ1n) is 7.35. The SMILES string of the molecule is Cc1cc(CSCC(=O)N[C@@H]2CCC[C@@H](C)[C@H]2C)on1. The topological polar surface area (TPSA) is 55.1 Å². The van der Waals surface area contributed by atoms with Gasteiger partial charge in [0.2, 0.25) is 5.91 Å². The summed E-state index contributed by atoms with van der Waals surface area (Å²) in [5, 5.41) is 7.02. The Morgan fingerprint density at radius 3 is 3.00 bits per heavy atom. The minimum Gasteiger partial charge on any atom is -0.360 e. The van der Waals surface area contributed by atoms with Crippen LogP contribution in [0.25, 0.3) is 0 Å². The number of aromatic nitrogens is 1. The number of hydrogen-bond donors (Lipinski definition) is 1. The van der Waals surface area contributed by atoms with Gasteiger partial charge >= 0.3 is 0 Å². The fourth-order valence-corrected chi connectivity index (χ4v) is 3.47. The van der Waals surface area contributed by atoms with Crippen molar-refractivity contribution in [3.05, 3.63) is 17.5 Å².